The number of hydrogen-bond donors (Lipinski definition) is 1. The van der Waals surface area contributed by atoms with Gasteiger partial charge in [0.25, 0.3) is 5.56 Å². The van der Waals surface area contributed by atoms with Crippen LogP contribution in [0.1, 0.15) is 23.7 Å². The number of benzene rings is 1. The van der Waals surface area contributed by atoms with Crippen LogP contribution < -0.4 is 10.3 Å². The SMILES string of the molecule is COc1ccccc1-c1c(C)[nH]n2c(=O)cc(C3CCOC3)nc12. The van der Waals surface area contributed by atoms with Crippen molar-refractivity contribution in [2.75, 3.05) is 20.3 Å². The van der Waals surface area contributed by atoms with Crippen LogP contribution in [0.4, 0.5) is 0 Å². The van der Waals surface area contributed by atoms with E-state index in [1.54, 1.807) is 13.2 Å². The molecule has 1 N–H and O–H groups in total. The van der Waals surface area contributed by atoms with E-state index in [1.807, 2.05) is 31.2 Å². The lowest BCUT2D eigenvalue weighted by Gasteiger charge is -2.09. The molecule has 6 nitrogen and oxygen atoms in total. The normalized spacial score (nSPS) is 17.5. The molecule has 3 aromatic rings. The molecule has 1 fully saturated rings. The van der Waals surface area contributed by atoms with Gasteiger partial charge >= 0.3 is 0 Å². The Morgan fingerprint density at radius 2 is 2.21 bits per heavy atom. The molecule has 1 aromatic carbocycles. The average Bonchev–Trinajstić information content (AvgIpc) is 3.22. The molecule has 1 aliphatic rings. The molecule has 124 valence electrons. The molecule has 4 rings (SSSR count). The molecule has 0 radical (unpaired) electrons. The van der Waals surface area contributed by atoms with Gasteiger partial charge in [-0.25, -0.2) is 9.50 Å². The van der Waals surface area contributed by atoms with Gasteiger partial charge in [-0.15, -0.1) is 0 Å². The lowest BCUT2D eigenvalue weighted by atomic mass is 10.0. The van der Waals surface area contributed by atoms with Gasteiger partial charge in [-0.3, -0.25) is 9.89 Å². The second-order valence-corrected chi connectivity index (χ2v) is 6.05. The van der Waals surface area contributed by atoms with Crippen molar-refractivity contribution >= 4 is 5.65 Å². The Morgan fingerprint density at radius 3 is 2.96 bits per heavy atom. The van der Waals surface area contributed by atoms with E-state index in [-0.39, 0.29) is 11.5 Å². The van der Waals surface area contributed by atoms with Gasteiger partial charge in [-0.2, -0.15) is 0 Å². The molecule has 0 bridgehead atoms. The Hall–Kier alpha value is -2.60. The first kappa shape index (κ1) is 15.0. The molecule has 0 aliphatic carbocycles. The molecular weight excluding hydrogens is 306 g/mol. The second-order valence-electron chi connectivity index (χ2n) is 6.05. The highest BCUT2D eigenvalue weighted by Crippen LogP contribution is 2.34. The number of aromatic amines is 1. The van der Waals surface area contributed by atoms with Gasteiger partial charge in [0.2, 0.25) is 0 Å². The van der Waals surface area contributed by atoms with E-state index >= 15 is 0 Å². The van der Waals surface area contributed by atoms with Crippen molar-refractivity contribution in [1.82, 2.24) is 14.6 Å². The lowest BCUT2D eigenvalue weighted by Crippen LogP contribution is -2.17. The largest absolute Gasteiger partial charge is 0.496 e. The number of nitrogens with one attached hydrogen (secondary N) is 1. The number of methoxy groups -OCH3 is 1. The lowest BCUT2D eigenvalue weighted by molar-refractivity contribution is 0.193. The Labute approximate surface area is 139 Å². The number of H-pyrrole nitrogens is 1. The number of nitrogens with zero attached hydrogens (tertiary/aromatic N) is 2. The molecular formula is C18H19N3O3. The van der Waals surface area contributed by atoms with Gasteiger partial charge in [-0.1, -0.05) is 18.2 Å². The minimum Gasteiger partial charge on any atom is -0.496 e. The summed E-state index contributed by atoms with van der Waals surface area (Å²) in [6, 6.07) is 9.37. The van der Waals surface area contributed by atoms with E-state index in [0.29, 0.717) is 12.3 Å². The second kappa shape index (κ2) is 5.79. The summed E-state index contributed by atoms with van der Waals surface area (Å²) in [6.45, 7) is 3.28. The highest BCUT2D eigenvalue weighted by Gasteiger charge is 2.23. The summed E-state index contributed by atoms with van der Waals surface area (Å²) < 4.78 is 12.4. The molecule has 6 heteroatoms. The van der Waals surface area contributed by atoms with Crippen molar-refractivity contribution in [3.05, 3.63) is 52.1 Å². The van der Waals surface area contributed by atoms with Crippen LogP contribution in [0.2, 0.25) is 0 Å². The number of aromatic nitrogens is 3. The fourth-order valence-electron chi connectivity index (χ4n) is 3.32. The molecule has 0 spiro atoms. The van der Waals surface area contributed by atoms with Crippen LogP contribution in [0, 0.1) is 6.92 Å². The van der Waals surface area contributed by atoms with E-state index in [2.05, 4.69) is 5.10 Å². The zero-order valence-corrected chi connectivity index (χ0v) is 13.7. The Bertz CT molecular complexity index is 952. The third-order valence-electron chi connectivity index (χ3n) is 4.54. The first-order valence-corrected chi connectivity index (χ1v) is 8.02. The van der Waals surface area contributed by atoms with Crippen LogP contribution >= 0.6 is 0 Å². The maximum atomic E-state index is 12.5. The first-order valence-electron chi connectivity index (χ1n) is 8.02. The van der Waals surface area contributed by atoms with Crippen molar-refractivity contribution < 1.29 is 9.47 Å². The van der Waals surface area contributed by atoms with Crippen molar-refractivity contribution in [3.8, 4) is 16.9 Å². The van der Waals surface area contributed by atoms with Crippen molar-refractivity contribution in [3.63, 3.8) is 0 Å². The highest BCUT2D eigenvalue weighted by atomic mass is 16.5. The standard InChI is InChI=1S/C18H19N3O3/c1-11-17(13-5-3-4-6-15(13)23-2)18-19-14(12-7-8-24-10-12)9-16(22)21(18)20-11/h3-6,9,12,20H,7-8,10H2,1-2H3. The number of para-hydroxylation sites is 1. The Kier molecular flexibility index (Phi) is 3.61. The summed E-state index contributed by atoms with van der Waals surface area (Å²) in [5.74, 6) is 0.939. The zero-order valence-electron chi connectivity index (χ0n) is 13.7. The first-order chi connectivity index (χ1) is 11.7. The number of ether oxygens (including phenoxy) is 2. The van der Waals surface area contributed by atoms with Gasteiger partial charge in [0.05, 0.1) is 25.0 Å². The Morgan fingerprint density at radius 1 is 1.38 bits per heavy atom. The molecule has 24 heavy (non-hydrogen) atoms. The summed E-state index contributed by atoms with van der Waals surface area (Å²) in [4.78, 5) is 17.3. The number of rotatable bonds is 3. The van der Waals surface area contributed by atoms with Crippen molar-refractivity contribution in [1.29, 1.82) is 0 Å². The highest BCUT2D eigenvalue weighted by molar-refractivity contribution is 5.83. The van der Waals surface area contributed by atoms with Gasteiger partial charge in [0.15, 0.2) is 5.65 Å². The van der Waals surface area contributed by atoms with E-state index in [9.17, 15) is 4.79 Å². The van der Waals surface area contributed by atoms with E-state index in [4.69, 9.17) is 14.5 Å². The van der Waals surface area contributed by atoms with Crippen molar-refractivity contribution in [2.24, 2.45) is 0 Å². The van der Waals surface area contributed by atoms with Gasteiger partial charge in [0.1, 0.15) is 5.75 Å². The Balaban J connectivity index is 1.98. The fourth-order valence-corrected chi connectivity index (χ4v) is 3.32. The molecule has 2 aromatic heterocycles. The monoisotopic (exact) mass is 325 g/mol. The molecule has 0 amide bonds. The summed E-state index contributed by atoms with van der Waals surface area (Å²) >= 11 is 0. The maximum absolute atomic E-state index is 12.5. The third-order valence-corrected chi connectivity index (χ3v) is 4.54. The maximum Gasteiger partial charge on any atom is 0.272 e. The summed E-state index contributed by atoms with van der Waals surface area (Å²) in [6.07, 6.45) is 0.899. The predicted octanol–water partition coefficient (Wildman–Crippen LogP) is 2.51. The van der Waals surface area contributed by atoms with Crippen LogP contribution in [0.25, 0.3) is 16.8 Å². The number of aryl methyl sites for hydroxylation is 1. The molecule has 1 saturated heterocycles. The molecule has 3 heterocycles. The molecule has 1 aliphatic heterocycles. The summed E-state index contributed by atoms with van der Waals surface area (Å²) in [5, 5.41) is 3.12. The summed E-state index contributed by atoms with van der Waals surface area (Å²) in [7, 11) is 1.64. The van der Waals surface area contributed by atoms with Crippen molar-refractivity contribution in [2.45, 2.75) is 19.3 Å². The van der Waals surface area contributed by atoms with E-state index in [1.165, 1.54) is 4.52 Å². The number of hydrogen-bond acceptors (Lipinski definition) is 4. The smallest absolute Gasteiger partial charge is 0.272 e. The molecule has 1 atom stereocenters. The third kappa shape index (κ3) is 2.30. The van der Waals surface area contributed by atoms with E-state index < -0.39 is 0 Å². The van der Waals surface area contributed by atoms with Crippen LogP contribution in [0.15, 0.2) is 35.1 Å². The quantitative estimate of drug-likeness (QED) is 0.803. The molecule has 1 unspecified atom stereocenters. The van der Waals surface area contributed by atoms with Crippen LogP contribution in [0.5, 0.6) is 5.75 Å². The van der Waals surface area contributed by atoms with Crippen LogP contribution in [-0.4, -0.2) is 34.9 Å². The van der Waals surface area contributed by atoms with Gasteiger partial charge in [-0.05, 0) is 19.4 Å². The van der Waals surface area contributed by atoms with Gasteiger partial charge in [0, 0.05) is 29.8 Å². The minimum absolute atomic E-state index is 0.105. The zero-order chi connectivity index (χ0) is 16.7. The average molecular weight is 325 g/mol. The molecule has 0 saturated carbocycles. The van der Waals surface area contributed by atoms with Crippen LogP contribution in [-0.2, 0) is 4.74 Å². The van der Waals surface area contributed by atoms with Crippen LogP contribution in [0.3, 0.4) is 0 Å². The van der Waals surface area contributed by atoms with E-state index in [0.717, 1.165) is 41.3 Å². The summed E-state index contributed by atoms with van der Waals surface area (Å²) in [5.41, 5.74) is 4.02. The fraction of sp³-hybridized carbons (Fsp3) is 0.333. The number of fused-ring (bicyclic) bond motifs is 1. The minimum atomic E-state index is -0.105. The topological polar surface area (TPSA) is 68.6 Å². The predicted molar refractivity (Wildman–Crippen MR) is 90.7 cm³/mol. The van der Waals surface area contributed by atoms with Gasteiger partial charge < -0.3 is 9.47 Å².